The zero-order valence-electron chi connectivity index (χ0n) is 13.5. The van der Waals surface area contributed by atoms with Gasteiger partial charge in [-0.05, 0) is 31.0 Å². The van der Waals surface area contributed by atoms with Crippen LogP contribution in [-0.2, 0) is 4.79 Å². The molecular formula is C17H17ClN2O4. The molecule has 0 spiro atoms. The fourth-order valence-corrected chi connectivity index (χ4v) is 2.36. The minimum Gasteiger partial charge on any atom is -0.495 e. The second kappa shape index (κ2) is 7.31. The Labute approximate surface area is 144 Å². The van der Waals surface area contributed by atoms with Crippen LogP contribution < -0.4 is 10.1 Å². The van der Waals surface area contributed by atoms with Crippen LogP contribution in [0, 0.1) is 17.0 Å². The van der Waals surface area contributed by atoms with E-state index in [-0.39, 0.29) is 11.6 Å². The van der Waals surface area contributed by atoms with Crippen LogP contribution in [-0.4, -0.2) is 17.9 Å². The van der Waals surface area contributed by atoms with Crippen LogP contribution in [0.3, 0.4) is 0 Å². The van der Waals surface area contributed by atoms with Crippen LogP contribution in [0.2, 0.25) is 5.02 Å². The lowest BCUT2D eigenvalue weighted by Crippen LogP contribution is -2.19. The number of nitrogens with zero attached hydrogens (tertiary/aromatic N) is 1. The molecule has 126 valence electrons. The molecular weight excluding hydrogens is 332 g/mol. The third kappa shape index (κ3) is 3.83. The van der Waals surface area contributed by atoms with Gasteiger partial charge in [0.2, 0.25) is 5.91 Å². The van der Waals surface area contributed by atoms with E-state index in [1.807, 2.05) is 6.92 Å². The van der Waals surface area contributed by atoms with E-state index in [1.54, 1.807) is 31.2 Å². The van der Waals surface area contributed by atoms with Crippen LogP contribution in [0.25, 0.3) is 0 Å². The van der Waals surface area contributed by atoms with E-state index in [0.717, 1.165) is 5.56 Å². The summed E-state index contributed by atoms with van der Waals surface area (Å²) in [5.74, 6) is -0.259. The first-order valence-electron chi connectivity index (χ1n) is 7.23. The number of non-ortho nitro benzene ring substituents is 1. The molecule has 1 N–H and O–H groups in total. The maximum Gasteiger partial charge on any atom is 0.269 e. The first-order chi connectivity index (χ1) is 11.3. The molecule has 0 aromatic heterocycles. The average molecular weight is 349 g/mol. The molecule has 2 rings (SSSR count). The minimum absolute atomic E-state index is 0.0126. The number of hydrogen-bond acceptors (Lipinski definition) is 4. The van der Waals surface area contributed by atoms with Crippen molar-refractivity contribution in [3.8, 4) is 5.75 Å². The van der Waals surface area contributed by atoms with Crippen molar-refractivity contribution in [3.63, 3.8) is 0 Å². The summed E-state index contributed by atoms with van der Waals surface area (Å²) in [6.45, 7) is 3.56. The number of amides is 1. The fraction of sp³-hybridized carbons (Fsp3) is 0.235. The maximum absolute atomic E-state index is 12.5. The number of nitrogens with one attached hydrogen (secondary N) is 1. The van der Waals surface area contributed by atoms with E-state index in [0.29, 0.717) is 22.0 Å². The van der Waals surface area contributed by atoms with Gasteiger partial charge in [-0.3, -0.25) is 14.9 Å². The van der Waals surface area contributed by atoms with Crippen molar-refractivity contribution in [2.75, 3.05) is 12.4 Å². The Kier molecular flexibility index (Phi) is 5.41. The summed E-state index contributed by atoms with van der Waals surface area (Å²) in [5, 5.41) is 14.0. The van der Waals surface area contributed by atoms with Crippen molar-refractivity contribution in [1.82, 2.24) is 0 Å². The number of carbonyl (C=O) groups excluding carboxylic acids is 1. The van der Waals surface area contributed by atoms with Crippen molar-refractivity contribution in [2.45, 2.75) is 19.8 Å². The average Bonchev–Trinajstić information content (AvgIpc) is 2.57. The molecule has 1 unspecified atom stereocenters. The largest absolute Gasteiger partial charge is 0.495 e. The maximum atomic E-state index is 12.5. The molecule has 1 atom stereocenters. The van der Waals surface area contributed by atoms with Crippen molar-refractivity contribution >= 4 is 28.9 Å². The Balaban J connectivity index is 2.20. The number of methoxy groups -OCH3 is 1. The molecule has 1 amide bonds. The minimum atomic E-state index is -0.480. The summed E-state index contributed by atoms with van der Waals surface area (Å²) in [5.41, 5.74) is 2.01. The molecule has 0 aliphatic rings. The number of aryl methyl sites for hydroxylation is 1. The fourth-order valence-electron chi connectivity index (χ4n) is 2.21. The molecule has 0 saturated heterocycles. The predicted molar refractivity (Wildman–Crippen MR) is 92.9 cm³/mol. The zero-order chi connectivity index (χ0) is 17.9. The molecule has 0 heterocycles. The van der Waals surface area contributed by atoms with Crippen LogP contribution in [0.4, 0.5) is 11.4 Å². The van der Waals surface area contributed by atoms with E-state index >= 15 is 0 Å². The van der Waals surface area contributed by atoms with Gasteiger partial charge in [0, 0.05) is 23.2 Å². The molecule has 0 saturated carbocycles. The monoisotopic (exact) mass is 348 g/mol. The first-order valence-corrected chi connectivity index (χ1v) is 7.60. The summed E-state index contributed by atoms with van der Waals surface area (Å²) in [4.78, 5) is 22.7. The highest BCUT2D eigenvalue weighted by Gasteiger charge is 2.18. The van der Waals surface area contributed by atoms with Gasteiger partial charge in [-0.2, -0.15) is 0 Å². The third-order valence-corrected chi connectivity index (χ3v) is 4.14. The Morgan fingerprint density at radius 1 is 1.29 bits per heavy atom. The van der Waals surface area contributed by atoms with E-state index in [4.69, 9.17) is 16.3 Å². The molecule has 2 aromatic carbocycles. The lowest BCUT2D eigenvalue weighted by atomic mass is 10.00. The second-order valence-electron chi connectivity index (χ2n) is 5.36. The molecule has 0 fully saturated rings. The number of halogens is 1. The Morgan fingerprint density at radius 3 is 2.46 bits per heavy atom. The van der Waals surface area contributed by atoms with Crippen LogP contribution in [0.1, 0.15) is 24.0 Å². The normalized spacial score (nSPS) is 11.7. The van der Waals surface area contributed by atoms with E-state index in [2.05, 4.69) is 5.32 Å². The number of rotatable bonds is 5. The van der Waals surface area contributed by atoms with E-state index in [1.165, 1.54) is 19.2 Å². The molecule has 2 aromatic rings. The Bertz CT molecular complexity index is 775. The van der Waals surface area contributed by atoms with Crippen molar-refractivity contribution in [1.29, 1.82) is 0 Å². The molecule has 0 radical (unpaired) electrons. The molecule has 0 aliphatic heterocycles. The summed E-state index contributed by atoms with van der Waals surface area (Å²) in [7, 11) is 1.50. The third-order valence-electron chi connectivity index (χ3n) is 3.74. The number of nitro groups is 1. The Hall–Kier alpha value is -2.60. The summed E-state index contributed by atoms with van der Waals surface area (Å²) >= 11 is 6.05. The standard InChI is InChI=1S/C17H17ClN2O4/c1-10-8-15(16(24-3)9-14(10)18)19-17(21)11(2)12-4-6-13(7-5-12)20(22)23/h4-9,11H,1-3H3,(H,19,21). The molecule has 0 aliphatic carbocycles. The highest BCUT2D eigenvalue weighted by Crippen LogP contribution is 2.32. The van der Waals surface area contributed by atoms with Gasteiger partial charge in [0.25, 0.3) is 5.69 Å². The number of nitro benzene ring substituents is 1. The van der Waals surface area contributed by atoms with Crippen molar-refractivity contribution < 1.29 is 14.5 Å². The van der Waals surface area contributed by atoms with Crippen LogP contribution in [0.5, 0.6) is 5.75 Å². The van der Waals surface area contributed by atoms with Crippen LogP contribution >= 0.6 is 11.6 Å². The highest BCUT2D eigenvalue weighted by atomic mass is 35.5. The SMILES string of the molecule is COc1cc(Cl)c(C)cc1NC(=O)C(C)c1ccc([N+](=O)[O-])cc1. The molecule has 0 bridgehead atoms. The molecule has 24 heavy (non-hydrogen) atoms. The van der Waals surface area contributed by atoms with Gasteiger partial charge >= 0.3 is 0 Å². The molecule has 7 heteroatoms. The lowest BCUT2D eigenvalue weighted by molar-refractivity contribution is -0.384. The zero-order valence-corrected chi connectivity index (χ0v) is 14.3. The van der Waals surface area contributed by atoms with E-state index < -0.39 is 10.8 Å². The van der Waals surface area contributed by atoms with Gasteiger partial charge in [0.1, 0.15) is 5.75 Å². The van der Waals surface area contributed by atoms with Gasteiger partial charge in [-0.1, -0.05) is 23.7 Å². The van der Waals surface area contributed by atoms with Gasteiger partial charge in [-0.15, -0.1) is 0 Å². The van der Waals surface area contributed by atoms with E-state index in [9.17, 15) is 14.9 Å². The number of anilines is 1. The van der Waals surface area contributed by atoms with Gasteiger partial charge in [-0.25, -0.2) is 0 Å². The summed E-state index contributed by atoms with van der Waals surface area (Å²) in [6, 6.07) is 9.29. The van der Waals surface area contributed by atoms with Crippen molar-refractivity contribution in [3.05, 3.63) is 62.7 Å². The predicted octanol–water partition coefficient (Wildman–Crippen LogP) is 4.31. The summed E-state index contributed by atoms with van der Waals surface area (Å²) < 4.78 is 5.24. The van der Waals surface area contributed by atoms with Gasteiger partial charge in [0.15, 0.2) is 0 Å². The first kappa shape index (κ1) is 17.7. The number of hydrogen-bond donors (Lipinski definition) is 1. The quantitative estimate of drug-likeness (QED) is 0.645. The molecule has 6 nitrogen and oxygen atoms in total. The van der Waals surface area contributed by atoms with Crippen molar-refractivity contribution in [2.24, 2.45) is 0 Å². The van der Waals surface area contributed by atoms with Crippen LogP contribution in [0.15, 0.2) is 36.4 Å². The highest BCUT2D eigenvalue weighted by molar-refractivity contribution is 6.31. The second-order valence-corrected chi connectivity index (χ2v) is 5.77. The number of carbonyl (C=O) groups is 1. The van der Waals surface area contributed by atoms with Gasteiger partial charge in [0.05, 0.1) is 23.6 Å². The number of benzene rings is 2. The Morgan fingerprint density at radius 2 is 1.92 bits per heavy atom. The smallest absolute Gasteiger partial charge is 0.269 e. The number of ether oxygens (including phenoxy) is 1. The topological polar surface area (TPSA) is 81.5 Å². The summed E-state index contributed by atoms with van der Waals surface area (Å²) in [6.07, 6.45) is 0. The lowest BCUT2D eigenvalue weighted by Gasteiger charge is -2.16. The van der Waals surface area contributed by atoms with Gasteiger partial charge < -0.3 is 10.1 Å².